The molecule has 1 fully saturated rings. The maximum absolute atomic E-state index is 15.4. The van der Waals surface area contributed by atoms with Gasteiger partial charge in [0, 0.05) is 39.6 Å². The topological polar surface area (TPSA) is 139 Å². The van der Waals surface area contributed by atoms with Crippen molar-refractivity contribution in [3.63, 3.8) is 0 Å². The minimum atomic E-state index is -3.14. The normalized spacial score (nSPS) is 21.6. The molecule has 0 saturated carbocycles. The van der Waals surface area contributed by atoms with Crippen LogP contribution in [0.15, 0.2) is 69.7 Å². The maximum Gasteiger partial charge on any atom is 0.315 e. The van der Waals surface area contributed by atoms with E-state index in [0.717, 1.165) is 11.6 Å². The first-order chi connectivity index (χ1) is 18.1. The van der Waals surface area contributed by atoms with Crippen LogP contribution in [0.5, 0.6) is 0 Å². The van der Waals surface area contributed by atoms with Crippen LogP contribution in [0.4, 0.5) is 18.0 Å². The number of carbonyl (C=O) groups is 1. The number of nitrogens with one attached hydrogen (secondary N) is 1. The Morgan fingerprint density at radius 3 is 2.50 bits per heavy atom. The van der Waals surface area contributed by atoms with E-state index in [-0.39, 0.29) is 41.5 Å². The molecule has 13 heteroatoms. The predicted molar refractivity (Wildman–Crippen MR) is 131 cm³/mol. The minimum Gasteiger partial charge on any atom is -0.464 e. The van der Waals surface area contributed by atoms with Gasteiger partial charge < -0.3 is 19.5 Å². The predicted octanol–water partition coefficient (Wildman–Crippen LogP) is 4.95. The number of primary amides is 1. The number of aromatic nitrogens is 2. The van der Waals surface area contributed by atoms with Crippen molar-refractivity contribution in [1.29, 1.82) is 4.78 Å². The summed E-state index contributed by atoms with van der Waals surface area (Å²) in [6.45, 7) is -0.0459. The summed E-state index contributed by atoms with van der Waals surface area (Å²) in [6, 6.07) is 13.5. The fourth-order valence-corrected chi connectivity index (χ4v) is 6.58. The lowest BCUT2D eigenvalue weighted by Gasteiger charge is -2.47. The van der Waals surface area contributed by atoms with Crippen molar-refractivity contribution in [3.05, 3.63) is 83.7 Å². The average molecular weight is 546 g/mol. The lowest BCUT2D eigenvalue weighted by atomic mass is 9.82. The number of hydrogen-bond acceptors (Lipinski definition) is 7. The van der Waals surface area contributed by atoms with E-state index in [0.29, 0.717) is 11.3 Å². The van der Waals surface area contributed by atoms with Crippen molar-refractivity contribution >= 4 is 15.8 Å². The molecule has 5 rings (SSSR count). The van der Waals surface area contributed by atoms with Crippen LogP contribution < -0.4 is 5.73 Å². The molecule has 0 bridgehead atoms. The molecule has 0 spiro atoms. The second-order valence-electron chi connectivity index (χ2n) is 8.97. The highest BCUT2D eigenvalue weighted by Crippen LogP contribution is 2.39. The number of halogens is 3. The number of amides is 2. The summed E-state index contributed by atoms with van der Waals surface area (Å²) < 4.78 is 72.8. The molecule has 4 aromatic rings. The van der Waals surface area contributed by atoms with Crippen LogP contribution in [0.2, 0.25) is 0 Å². The third-order valence-corrected chi connectivity index (χ3v) is 8.32. The molecular formula is C25H22F3N5O4S. The summed E-state index contributed by atoms with van der Waals surface area (Å²) in [6.07, 6.45) is -1.58. The van der Waals surface area contributed by atoms with Gasteiger partial charge in [0.2, 0.25) is 5.89 Å². The summed E-state index contributed by atoms with van der Waals surface area (Å²) in [4.78, 5) is 13.9. The van der Waals surface area contributed by atoms with Gasteiger partial charge in [0.05, 0.1) is 17.6 Å². The first kappa shape index (κ1) is 25.5. The van der Waals surface area contributed by atoms with Gasteiger partial charge in [-0.25, -0.2) is 13.4 Å². The summed E-state index contributed by atoms with van der Waals surface area (Å²) >= 11 is 0. The van der Waals surface area contributed by atoms with Crippen LogP contribution in [-0.4, -0.2) is 43.4 Å². The first-order valence-corrected chi connectivity index (χ1v) is 13.3. The average Bonchev–Trinajstić information content (AvgIpc) is 3.58. The second kappa shape index (κ2) is 9.63. The molecule has 38 heavy (non-hydrogen) atoms. The maximum atomic E-state index is 15.4. The number of hydrogen-bond donors (Lipinski definition) is 2. The third-order valence-electron chi connectivity index (χ3n) is 6.54. The first-order valence-electron chi connectivity index (χ1n) is 11.4. The molecule has 1 aliphatic heterocycles. The lowest BCUT2D eigenvalue weighted by Crippen LogP contribution is -2.61. The Labute approximate surface area is 215 Å². The SMILES string of the molecule is N=S1(=O)CCN(C(N)=O)C(Cc2ccc(-c3nnc(C(F)F)o3)cc2F)(c2ccc(-c3ccco3)cc2)C1. The molecule has 9 nitrogen and oxygen atoms in total. The van der Waals surface area contributed by atoms with Crippen LogP contribution >= 0.6 is 0 Å². The van der Waals surface area contributed by atoms with Gasteiger partial charge in [0.15, 0.2) is 0 Å². The molecule has 0 aliphatic carbocycles. The smallest absolute Gasteiger partial charge is 0.315 e. The van der Waals surface area contributed by atoms with E-state index in [1.54, 1.807) is 36.4 Å². The molecule has 2 aromatic carbocycles. The van der Waals surface area contributed by atoms with Crippen molar-refractivity contribution in [2.24, 2.45) is 5.73 Å². The molecule has 2 aromatic heterocycles. The molecule has 1 aliphatic rings. The van der Waals surface area contributed by atoms with Gasteiger partial charge in [-0.3, -0.25) is 4.78 Å². The van der Waals surface area contributed by atoms with Gasteiger partial charge in [-0.1, -0.05) is 30.3 Å². The fraction of sp³-hybridized carbons (Fsp3) is 0.240. The Morgan fingerprint density at radius 2 is 1.89 bits per heavy atom. The van der Waals surface area contributed by atoms with E-state index in [1.165, 1.54) is 23.3 Å². The highest BCUT2D eigenvalue weighted by atomic mass is 32.2. The summed E-state index contributed by atoms with van der Waals surface area (Å²) in [5.74, 6) is -1.61. The number of benzene rings is 2. The number of furan rings is 1. The second-order valence-corrected chi connectivity index (χ2v) is 11.3. The van der Waals surface area contributed by atoms with E-state index < -0.39 is 39.4 Å². The number of alkyl halides is 2. The molecule has 3 N–H and O–H groups in total. The Kier molecular flexibility index (Phi) is 6.47. The van der Waals surface area contributed by atoms with Crippen molar-refractivity contribution in [2.45, 2.75) is 18.4 Å². The van der Waals surface area contributed by atoms with Crippen molar-refractivity contribution in [3.8, 4) is 22.8 Å². The van der Waals surface area contributed by atoms with Crippen LogP contribution in [0, 0.1) is 10.6 Å². The minimum absolute atomic E-state index is 0.0459. The third kappa shape index (κ3) is 4.76. The zero-order valence-electron chi connectivity index (χ0n) is 19.8. The van der Waals surface area contributed by atoms with E-state index in [1.807, 2.05) is 0 Å². The largest absolute Gasteiger partial charge is 0.464 e. The fourth-order valence-electron chi connectivity index (χ4n) is 4.76. The quantitative estimate of drug-likeness (QED) is 0.351. The summed E-state index contributed by atoms with van der Waals surface area (Å²) in [7, 11) is -3.14. The Hall–Kier alpha value is -4.13. The van der Waals surface area contributed by atoms with Gasteiger partial charge in [-0.2, -0.15) is 8.78 Å². The molecule has 2 atom stereocenters. The van der Waals surface area contributed by atoms with E-state index >= 15 is 4.39 Å². The van der Waals surface area contributed by atoms with Crippen molar-refractivity contribution < 1.29 is 31.0 Å². The summed E-state index contributed by atoms with van der Waals surface area (Å²) in [5, 5.41) is 6.79. The standard InChI is InChI=1S/C25H22F3N5O4S/c26-19-12-16(22-31-32-23(37-22)21(27)28)3-4-17(19)13-25(14-38(30,35)11-9-33(25)24(29)34)18-7-5-15(6-8-18)20-2-1-10-36-20/h1-8,10,12,21,30H,9,11,13-14H2,(H2,29,34). The van der Waals surface area contributed by atoms with Crippen LogP contribution in [0.1, 0.15) is 23.4 Å². The van der Waals surface area contributed by atoms with Crippen LogP contribution in [0.3, 0.4) is 0 Å². The molecular weight excluding hydrogens is 523 g/mol. The Bertz CT molecular complexity index is 1570. The Morgan fingerprint density at radius 1 is 1.16 bits per heavy atom. The number of urea groups is 1. The van der Waals surface area contributed by atoms with E-state index in [9.17, 15) is 17.8 Å². The van der Waals surface area contributed by atoms with Gasteiger partial charge in [-0.15, -0.1) is 10.2 Å². The van der Waals surface area contributed by atoms with Gasteiger partial charge in [-0.05, 0) is 35.4 Å². The van der Waals surface area contributed by atoms with Crippen LogP contribution in [-0.2, 0) is 21.7 Å². The highest BCUT2D eigenvalue weighted by molar-refractivity contribution is 7.92. The molecule has 1 saturated heterocycles. The molecule has 3 heterocycles. The van der Waals surface area contributed by atoms with Gasteiger partial charge in [0.25, 0.3) is 5.89 Å². The molecule has 2 unspecified atom stereocenters. The zero-order chi connectivity index (χ0) is 27.1. The molecule has 198 valence electrons. The van der Waals surface area contributed by atoms with E-state index in [2.05, 4.69) is 10.2 Å². The number of rotatable bonds is 6. The number of nitrogens with two attached hydrogens (primary N) is 1. The lowest BCUT2D eigenvalue weighted by molar-refractivity contribution is 0.116. The molecule has 2 amide bonds. The Balaban J connectivity index is 1.57. The number of nitrogens with zero attached hydrogens (tertiary/aromatic N) is 3. The summed E-state index contributed by atoms with van der Waals surface area (Å²) in [5.41, 5.74) is 5.82. The highest BCUT2D eigenvalue weighted by Gasteiger charge is 2.47. The van der Waals surface area contributed by atoms with Crippen molar-refractivity contribution in [1.82, 2.24) is 15.1 Å². The molecule has 0 radical (unpaired) electrons. The number of carbonyl (C=O) groups excluding carboxylic acids is 1. The van der Waals surface area contributed by atoms with Gasteiger partial charge >= 0.3 is 12.5 Å². The van der Waals surface area contributed by atoms with Crippen LogP contribution in [0.25, 0.3) is 22.8 Å². The zero-order valence-corrected chi connectivity index (χ0v) is 20.6. The van der Waals surface area contributed by atoms with E-state index in [4.69, 9.17) is 19.3 Å². The van der Waals surface area contributed by atoms with Crippen molar-refractivity contribution in [2.75, 3.05) is 18.1 Å². The monoisotopic (exact) mass is 545 g/mol. The van der Waals surface area contributed by atoms with Gasteiger partial charge in [0.1, 0.15) is 11.6 Å².